The molecule has 0 aliphatic carbocycles. The first-order chi connectivity index (χ1) is 11.8. The molecule has 1 saturated heterocycles. The quantitative estimate of drug-likeness (QED) is 0.796. The zero-order valence-corrected chi connectivity index (χ0v) is 13.8. The topological polar surface area (TPSA) is 67.1 Å². The summed E-state index contributed by atoms with van der Waals surface area (Å²) in [6.07, 6.45) is 2.29. The second-order valence-corrected chi connectivity index (χ2v) is 6.27. The van der Waals surface area contributed by atoms with Crippen LogP contribution >= 0.6 is 0 Å². The molecule has 0 saturated carbocycles. The molecular formula is C18H21N5O. The van der Waals surface area contributed by atoms with Crippen LogP contribution in [0.5, 0.6) is 0 Å². The first kappa shape index (κ1) is 15.1. The average Bonchev–Trinajstić information content (AvgIpc) is 3.04. The van der Waals surface area contributed by atoms with Gasteiger partial charge in [0.1, 0.15) is 5.52 Å². The standard InChI is InChI=1S/C18H21N5O/c1-13-8-9-17(22-21-13)23-10-4-5-14(12-23)19-11-18-20-15-6-2-3-7-16(15)24-18/h2-3,6-9,14,19H,4-5,10-12H2,1H3/t14-/m1/s1. The van der Waals surface area contributed by atoms with Crippen molar-refractivity contribution < 1.29 is 4.42 Å². The van der Waals surface area contributed by atoms with E-state index in [1.807, 2.05) is 43.3 Å². The van der Waals surface area contributed by atoms with Gasteiger partial charge in [0.15, 0.2) is 11.4 Å². The third kappa shape index (κ3) is 3.23. The SMILES string of the molecule is Cc1ccc(N2CCC[C@@H](NCc3nc4ccccc4o3)C2)nn1. The van der Waals surface area contributed by atoms with Gasteiger partial charge in [-0.05, 0) is 44.0 Å². The van der Waals surface area contributed by atoms with Crippen molar-refractivity contribution in [3.63, 3.8) is 0 Å². The number of piperidine rings is 1. The molecule has 1 aliphatic heterocycles. The van der Waals surface area contributed by atoms with Crippen LogP contribution in [0, 0.1) is 6.92 Å². The van der Waals surface area contributed by atoms with Gasteiger partial charge in [0.05, 0.1) is 12.2 Å². The molecule has 1 aliphatic rings. The highest BCUT2D eigenvalue weighted by molar-refractivity contribution is 5.72. The Labute approximate surface area is 140 Å². The smallest absolute Gasteiger partial charge is 0.209 e. The van der Waals surface area contributed by atoms with Crippen molar-refractivity contribution in [2.45, 2.75) is 32.4 Å². The summed E-state index contributed by atoms with van der Waals surface area (Å²) in [5.41, 5.74) is 2.70. The Morgan fingerprint density at radius 2 is 2.12 bits per heavy atom. The Morgan fingerprint density at radius 3 is 2.96 bits per heavy atom. The van der Waals surface area contributed by atoms with E-state index in [0.717, 1.165) is 54.4 Å². The van der Waals surface area contributed by atoms with E-state index >= 15 is 0 Å². The number of rotatable bonds is 4. The average molecular weight is 323 g/mol. The van der Waals surface area contributed by atoms with Crippen LogP contribution in [-0.2, 0) is 6.54 Å². The molecule has 0 spiro atoms. The second kappa shape index (κ2) is 6.57. The summed E-state index contributed by atoms with van der Waals surface area (Å²) in [7, 11) is 0. The molecule has 0 bridgehead atoms. The highest BCUT2D eigenvalue weighted by Gasteiger charge is 2.21. The van der Waals surface area contributed by atoms with Gasteiger partial charge in [0.2, 0.25) is 5.89 Å². The Morgan fingerprint density at radius 1 is 1.21 bits per heavy atom. The van der Waals surface area contributed by atoms with Gasteiger partial charge in [-0.3, -0.25) is 0 Å². The predicted molar refractivity (Wildman–Crippen MR) is 92.9 cm³/mol. The number of hydrogen-bond acceptors (Lipinski definition) is 6. The van der Waals surface area contributed by atoms with Crippen LogP contribution < -0.4 is 10.2 Å². The van der Waals surface area contributed by atoms with E-state index in [0.29, 0.717) is 12.6 Å². The van der Waals surface area contributed by atoms with Crippen molar-refractivity contribution in [3.8, 4) is 0 Å². The van der Waals surface area contributed by atoms with Gasteiger partial charge in [0, 0.05) is 19.1 Å². The number of nitrogens with one attached hydrogen (secondary N) is 1. The zero-order chi connectivity index (χ0) is 16.4. The monoisotopic (exact) mass is 323 g/mol. The molecule has 4 rings (SSSR count). The van der Waals surface area contributed by atoms with Crippen molar-refractivity contribution in [3.05, 3.63) is 48.0 Å². The summed E-state index contributed by atoms with van der Waals surface area (Å²) in [5, 5.41) is 12.0. The van der Waals surface area contributed by atoms with Crippen molar-refractivity contribution in [2.75, 3.05) is 18.0 Å². The van der Waals surface area contributed by atoms with Gasteiger partial charge in [-0.1, -0.05) is 12.1 Å². The van der Waals surface area contributed by atoms with Crippen LogP contribution in [0.25, 0.3) is 11.1 Å². The minimum absolute atomic E-state index is 0.400. The Bertz CT molecular complexity index is 781. The molecule has 3 aromatic rings. The summed E-state index contributed by atoms with van der Waals surface area (Å²) in [6, 6.07) is 12.3. The first-order valence-electron chi connectivity index (χ1n) is 8.41. The van der Waals surface area contributed by atoms with E-state index in [1.165, 1.54) is 0 Å². The van der Waals surface area contributed by atoms with E-state index in [1.54, 1.807) is 0 Å². The van der Waals surface area contributed by atoms with Crippen LogP contribution in [0.1, 0.15) is 24.4 Å². The van der Waals surface area contributed by atoms with Gasteiger partial charge in [-0.2, -0.15) is 5.10 Å². The van der Waals surface area contributed by atoms with Crippen LogP contribution in [0.4, 0.5) is 5.82 Å². The number of anilines is 1. The third-order valence-corrected chi connectivity index (χ3v) is 4.41. The van der Waals surface area contributed by atoms with Gasteiger partial charge in [0.25, 0.3) is 0 Å². The van der Waals surface area contributed by atoms with Gasteiger partial charge >= 0.3 is 0 Å². The lowest BCUT2D eigenvalue weighted by atomic mass is 10.1. The summed E-state index contributed by atoms with van der Waals surface area (Å²) in [6.45, 7) is 4.56. The number of aromatic nitrogens is 3. The zero-order valence-electron chi connectivity index (χ0n) is 13.8. The fraction of sp³-hybridized carbons (Fsp3) is 0.389. The highest BCUT2D eigenvalue weighted by atomic mass is 16.3. The molecule has 1 N–H and O–H groups in total. The molecule has 0 radical (unpaired) electrons. The van der Waals surface area contributed by atoms with E-state index in [-0.39, 0.29) is 0 Å². The number of fused-ring (bicyclic) bond motifs is 1. The molecule has 0 unspecified atom stereocenters. The normalized spacial score (nSPS) is 18.2. The van der Waals surface area contributed by atoms with Crippen LogP contribution in [-0.4, -0.2) is 34.3 Å². The summed E-state index contributed by atoms with van der Waals surface area (Å²) in [4.78, 5) is 6.81. The van der Waals surface area contributed by atoms with Crippen LogP contribution in [0.15, 0.2) is 40.8 Å². The number of aryl methyl sites for hydroxylation is 1. The molecule has 1 aromatic carbocycles. The first-order valence-corrected chi connectivity index (χ1v) is 8.41. The molecule has 24 heavy (non-hydrogen) atoms. The maximum atomic E-state index is 5.77. The number of para-hydroxylation sites is 2. The minimum atomic E-state index is 0.400. The number of benzene rings is 1. The maximum Gasteiger partial charge on any atom is 0.209 e. The van der Waals surface area contributed by atoms with Crippen LogP contribution in [0.2, 0.25) is 0 Å². The Hall–Kier alpha value is -2.47. The Balaban J connectivity index is 1.38. The van der Waals surface area contributed by atoms with E-state index in [9.17, 15) is 0 Å². The van der Waals surface area contributed by atoms with Crippen molar-refractivity contribution >= 4 is 16.9 Å². The van der Waals surface area contributed by atoms with Crippen LogP contribution in [0.3, 0.4) is 0 Å². The third-order valence-electron chi connectivity index (χ3n) is 4.41. The molecule has 0 amide bonds. The van der Waals surface area contributed by atoms with Crippen molar-refractivity contribution in [1.82, 2.24) is 20.5 Å². The molecule has 2 aromatic heterocycles. The molecule has 6 heteroatoms. The minimum Gasteiger partial charge on any atom is -0.439 e. The van der Waals surface area contributed by atoms with Crippen molar-refractivity contribution in [1.29, 1.82) is 0 Å². The summed E-state index contributed by atoms with van der Waals surface area (Å²) in [5.74, 6) is 1.69. The molecular weight excluding hydrogens is 302 g/mol. The van der Waals surface area contributed by atoms with Gasteiger partial charge in [-0.15, -0.1) is 5.10 Å². The van der Waals surface area contributed by atoms with E-state index in [4.69, 9.17) is 4.42 Å². The maximum absolute atomic E-state index is 5.77. The number of hydrogen-bond donors (Lipinski definition) is 1. The van der Waals surface area contributed by atoms with Crippen molar-refractivity contribution in [2.24, 2.45) is 0 Å². The fourth-order valence-corrected chi connectivity index (χ4v) is 3.14. The second-order valence-electron chi connectivity index (χ2n) is 6.27. The predicted octanol–water partition coefficient (Wildman–Crippen LogP) is 2.68. The molecule has 6 nitrogen and oxygen atoms in total. The highest BCUT2D eigenvalue weighted by Crippen LogP contribution is 2.18. The summed E-state index contributed by atoms with van der Waals surface area (Å²) >= 11 is 0. The number of oxazole rings is 1. The molecule has 1 atom stereocenters. The molecule has 124 valence electrons. The Kier molecular flexibility index (Phi) is 4.13. The number of nitrogens with zero attached hydrogens (tertiary/aromatic N) is 4. The largest absolute Gasteiger partial charge is 0.439 e. The van der Waals surface area contributed by atoms with E-state index in [2.05, 4.69) is 25.4 Å². The van der Waals surface area contributed by atoms with Gasteiger partial charge < -0.3 is 14.6 Å². The lowest BCUT2D eigenvalue weighted by Crippen LogP contribution is -2.45. The lowest BCUT2D eigenvalue weighted by Gasteiger charge is -2.33. The van der Waals surface area contributed by atoms with Gasteiger partial charge in [-0.25, -0.2) is 4.98 Å². The summed E-state index contributed by atoms with van der Waals surface area (Å²) < 4.78 is 5.77. The molecule has 3 heterocycles. The molecule has 1 fully saturated rings. The lowest BCUT2D eigenvalue weighted by molar-refractivity contribution is 0.393. The fourth-order valence-electron chi connectivity index (χ4n) is 3.14. The van der Waals surface area contributed by atoms with E-state index < -0.39 is 0 Å².